The summed E-state index contributed by atoms with van der Waals surface area (Å²) in [6.45, 7) is 0.966. The van der Waals surface area contributed by atoms with Crippen LogP contribution in [-0.4, -0.2) is 5.78 Å². The van der Waals surface area contributed by atoms with E-state index >= 15 is 0 Å². The number of benzene rings is 1. The molecular weight excluding hydrogens is 249 g/mol. The molecule has 13 heavy (non-hydrogen) atoms. The standard InChI is InChI=1S/C8H4BrF3O/c1-3(13)6-7(11)4(9)2-5(10)8(6)12/h2H,1H3. The van der Waals surface area contributed by atoms with Gasteiger partial charge in [0.15, 0.2) is 23.2 Å². The lowest BCUT2D eigenvalue weighted by Crippen LogP contribution is -2.04. The lowest BCUT2D eigenvalue weighted by molar-refractivity contribution is 0.100. The summed E-state index contributed by atoms with van der Waals surface area (Å²) in [5.74, 6) is -4.63. The maximum atomic E-state index is 13.0. The van der Waals surface area contributed by atoms with Crippen LogP contribution in [0.25, 0.3) is 0 Å². The normalized spacial score (nSPS) is 10.2. The van der Waals surface area contributed by atoms with Crippen molar-refractivity contribution in [1.29, 1.82) is 0 Å². The molecular formula is C8H4BrF3O. The van der Waals surface area contributed by atoms with Gasteiger partial charge in [-0.05, 0) is 28.9 Å². The van der Waals surface area contributed by atoms with Crippen molar-refractivity contribution in [1.82, 2.24) is 0 Å². The van der Waals surface area contributed by atoms with Gasteiger partial charge in [-0.2, -0.15) is 0 Å². The highest BCUT2D eigenvalue weighted by atomic mass is 79.9. The summed E-state index contributed by atoms with van der Waals surface area (Å²) < 4.78 is 38.2. The van der Waals surface area contributed by atoms with Gasteiger partial charge in [0.05, 0.1) is 10.0 Å². The molecule has 0 aliphatic carbocycles. The van der Waals surface area contributed by atoms with Gasteiger partial charge in [0, 0.05) is 0 Å². The highest BCUT2D eigenvalue weighted by Crippen LogP contribution is 2.24. The van der Waals surface area contributed by atoms with Crippen molar-refractivity contribution in [2.75, 3.05) is 0 Å². The first-order valence-electron chi connectivity index (χ1n) is 3.29. The van der Waals surface area contributed by atoms with Crippen LogP contribution in [0.1, 0.15) is 17.3 Å². The number of ketones is 1. The van der Waals surface area contributed by atoms with E-state index in [9.17, 15) is 18.0 Å². The van der Waals surface area contributed by atoms with Crippen LogP contribution in [0.5, 0.6) is 0 Å². The topological polar surface area (TPSA) is 17.1 Å². The third kappa shape index (κ3) is 1.75. The van der Waals surface area contributed by atoms with E-state index in [1.807, 2.05) is 0 Å². The number of halogens is 4. The van der Waals surface area contributed by atoms with E-state index in [0.29, 0.717) is 6.07 Å². The van der Waals surface area contributed by atoms with Gasteiger partial charge in [0.2, 0.25) is 0 Å². The molecule has 0 amide bonds. The third-order valence-electron chi connectivity index (χ3n) is 1.46. The van der Waals surface area contributed by atoms with E-state index < -0.39 is 28.8 Å². The summed E-state index contributed by atoms with van der Waals surface area (Å²) in [5, 5.41) is 0. The van der Waals surface area contributed by atoms with Crippen LogP contribution in [0.15, 0.2) is 10.5 Å². The van der Waals surface area contributed by atoms with E-state index in [4.69, 9.17) is 0 Å². The van der Waals surface area contributed by atoms with E-state index in [1.54, 1.807) is 0 Å². The first kappa shape index (κ1) is 10.2. The Morgan fingerprint density at radius 1 is 1.31 bits per heavy atom. The number of hydrogen-bond acceptors (Lipinski definition) is 1. The monoisotopic (exact) mass is 252 g/mol. The minimum absolute atomic E-state index is 0.267. The van der Waals surface area contributed by atoms with Crippen LogP contribution >= 0.6 is 15.9 Å². The van der Waals surface area contributed by atoms with Crippen molar-refractivity contribution in [3.8, 4) is 0 Å². The Labute approximate surface area is 80.7 Å². The molecule has 1 aromatic rings. The van der Waals surface area contributed by atoms with E-state index in [1.165, 1.54) is 0 Å². The van der Waals surface area contributed by atoms with Crippen LogP contribution in [-0.2, 0) is 0 Å². The molecule has 0 unspecified atom stereocenters. The molecule has 0 aliphatic rings. The molecule has 1 nitrogen and oxygen atoms in total. The summed E-state index contributed by atoms with van der Waals surface area (Å²) >= 11 is 2.67. The van der Waals surface area contributed by atoms with Gasteiger partial charge >= 0.3 is 0 Å². The van der Waals surface area contributed by atoms with Gasteiger partial charge in [-0.25, -0.2) is 13.2 Å². The Bertz CT molecular complexity index is 350. The first-order valence-corrected chi connectivity index (χ1v) is 4.08. The molecule has 1 rings (SSSR count). The number of Topliss-reactive ketones (excluding diaryl/α,β-unsaturated/α-hetero) is 1. The van der Waals surface area contributed by atoms with Gasteiger partial charge in [-0.3, -0.25) is 4.79 Å². The average Bonchev–Trinajstić information content (AvgIpc) is 2.01. The molecule has 0 heterocycles. The van der Waals surface area contributed by atoms with Crippen molar-refractivity contribution in [3.05, 3.63) is 33.6 Å². The zero-order valence-corrected chi connectivity index (χ0v) is 8.08. The first-order chi connectivity index (χ1) is 5.95. The summed E-state index contributed by atoms with van der Waals surface area (Å²) in [5.41, 5.74) is -0.855. The van der Waals surface area contributed by atoms with E-state index in [0.717, 1.165) is 6.92 Å². The molecule has 1 aromatic carbocycles. The second-order valence-corrected chi connectivity index (χ2v) is 3.25. The third-order valence-corrected chi connectivity index (χ3v) is 2.04. The summed E-state index contributed by atoms with van der Waals surface area (Å²) in [6, 6.07) is 0.636. The molecule has 5 heteroatoms. The fourth-order valence-electron chi connectivity index (χ4n) is 0.882. The van der Waals surface area contributed by atoms with Gasteiger partial charge in [0.25, 0.3) is 0 Å². The summed E-state index contributed by atoms with van der Waals surface area (Å²) in [4.78, 5) is 10.7. The lowest BCUT2D eigenvalue weighted by atomic mass is 10.1. The number of rotatable bonds is 1. The highest BCUT2D eigenvalue weighted by molar-refractivity contribution is 9.10. The molecule has 0 saturated heterocycles. The highest BCUT2D eigenvalue weighted by Gasteiger charge is 2.20. The summed E-state index contributed by atoms with van der Waals surface area (Å²) in [7, 11) is 0. The second kappa shape index (κ2) is 3.49. The molecule has 0 aliphatic heterocycles. The van der Waals surface area contributed by atoms with Crippen molar-refractivity contribution in [3.63, 3.8) is 0 Å². The minimum atomic E-state index is -1.45. The van der Waals surface area contributed by atoms with Gasteiger partial charge in [0.1, 0.15) is 0 Å². The van der Waals surface area contributed by atoms with Crippen LogP contribution in [0.3, 0.4) is 0 Å². The Kier molecular flexibility index (Phi) is 2.75. The van der Waals surface area contributed by atoms with Crippen molar-refractivity contribution in [2.24, 2.45) is 0 Å². The van der Waals surface area contributed by atoms with Crippen molar-refractivity contribution >= 4 is 21.7 Å². The predicted molar refractivity (Wildman–Crippen MR) is 44.0 cm³/mol. The number of carbonyl (C=O) groups is 1. The van der Waals surface area contributed by atoms with Crippen LogP contribution in [0.4, 0.5) is 13.2 Å². The minimum Gasteiger partial charge on any atom is -0.294 e. The predicted octanol–water partition coefficient (Wildman–Crippen LogP) is 3.07. The molecule has 0 spiro atoms. The van der Waals surface area contributed by atoms with Crippen LogP contribution in [0, 0.1) is 17.5 Å². The fraction of sp³-hybridized carbons (Fsp3) is 0.125. The van der Waals surface area contributed by atoms with Crippen molar-refractivity contribution in [2.45, 2.75) is 6.92 Å². The summed E-state index contributed by atoms with van der Waals surface area (Å²) in [6.07, 6.45) is 0. The molecule has 0 radical (unpaired) electrons. The second-order valence-electron chi connectivity index (χ2n) is 2.40. The molecule has 0 atom stereocenters. The zero-order chi connectivity index (χ0) is 10.2. The molecule has 70 valence electrons. The Hall–Kier alpha value is -0.840. The SMILES string of the molecule is CC(=O)c1c(F)c(F)cc(Br)c1F. The van der Waals surface area contributed by atoms with E-state index in [-0.39, 0.29) is 4.47 Å². The van der Waals surface area contributed by atoms with Gasteiger partial charge < -0.3 is 0 Å². The van der Waals surface area contributed by atoms with Gasteiger partial charge in [-0.15, -0.1) is 0 Å². The number of carbonyl (C=O) groups excluding carboxylic acids is 1. The Morgan fingerprint density at radius 2 is 1.85 bits per heavy atom. The Balaban J connectivity index is 3.56. The van der Waals surface area contributed by atoms with E-state index in [2.05, 4.69) is 15.9 Å². The Morgan fingerprint density at radius 3 is 2.31 bits per heavy atom. The smallest absolute Gasteiger partial charge is 0.172 e. The van der Waals surface area contributed by atoms with Crippen LogP contribution in [0.2, 0.25) is 0 Å². The zero-order valence-electron chi connectivity index (χ0n) is 6.50. The molecule has 0 bridgehead atoms. The van der Waals surface area contributed by atoms with Crippen LogP contribution < -0.4 is 0 Å². The lowest BCUT2D eigenvalue weighted by Gasteiger charge is -2.03. The molecule has 0 aromatic heterocycles. The number of hydrogen-bond donors (Lipinski definition) is 0. The maximum absolute atomic E-state index is 13.0. The molecule has 0 N–H and O–H groups in total. The largest absolute Gasteiger partial charge is 0.294 e. The quantitative estimate of drug-likeness (QED) is 0.555. The van der Waals surface area contributed by atoms with Gasteiger partial charge in [-0.1, -0.05) is 0 Å². The average molecular weight is 253 g/mol. The maximum Gasteiger partial charge on any atom is 0.172 e. The molecule has 0 saturated carbocycles. The fourth-order valence-corrected chi connectivity index (χ4v) is 1.28. The van der Waals surface area contributed by atoms with Crippen molar-refractivity contribution < 1.29 is 18.0 Å². The molecule has 0 fully saturated rings.